The van der Waals surface area contributed by atoms with Crippen LogP contribution in [0.2, 0.25) is 0 Å². The Balaban J connectivity index is 1.09. The molecule has 4 N–H and O–H groups in total. The van der Waals surface area contributed by atoms with Crippen molar-refractivity contribution in [2.45, 2.75) is 117 Å². The molecule has 0 aromatic heterocycles. The highest BCUT2D eigenvalue weighted by molar-refractivity contribution is 5.50. The Morgan fingerprint density at radius 2 is 1.16 bits per heavy atom. The zero-order valence-electron chi connectivity index (χ0n) is 34.2. The van der Waals surface area contributed by atoms with Crippen LogP contribution in [0, 0.1) is 52.3 Å². The van der Waals surface area contributed by atoms with Gasteiger partial charge in [0.1, 0.15) is 23.0 Å². The number of hydrogen-bond acceptors (Lipinski definition) is 4. The van der Waals surface area contributed by atoms with Crippen LogP contribution in [-0.4, -0.2) is 0 Å². The topological polar surface area (TPSA) is 70.5 Å². The summed E-state index contributed by atoms with van der Waals surface area (Å²) in [4.78, 5) is 0. The van der Waals surface area contributed by atoms with E-state index in [1.807, 2.05) is 48.5 Å². The van der Waals surface area contributed by atoms with Gasteiger partial charge in [0.15, 0.2) is 0 Å². The maximum atomic E-state index is 6.47. The van der Waals surface area contributed by atoms with Crippen molar-refractivity contribution >= 4 is 11.4 Å². The van der Waals surface area contributed by atoms with Gasteiger partial charge < -0.3 is 20.9 Å². The van der Waals surface area contributed by atoms with Crippen molar-refractivity contribution in [2.24, 2.45) is 52.3 Å². The second kappa shape index (κ2) is 15.2. The van der Waals surface area contributed by atoms with Gasteiger partial charge in [-0.2, -0.15) is 0 Å². The summed E-state index contributed by atoms with van der Waals surface area (Å²) in [5, 5.41) is 0. The molecule has 4 aliphatic carbocycles. The van der Waals surface area contributed by atoms with Crippen molar-refractivity contribution in [2.75, 3.05) is 11.5 Å². The van der Waals surface area contributed by atoms with E-state index in [4.69, 9.17) is 20.9 Å². The monoisotopic (exact) mass is 739 g/mol. The minimum atomic E-state index is -0.158. The standard InChI is InChI=1S/C51H66N2O2/c1-34(2)11-6-12-35(3)46-23-24-47-45-22-21-38-33-51(28-27-49(38,4)48(45)25-26-50(46,47)5,36-13-7-17-41(29-36)54-43-19-9-15-39(52)31-43)37-14-8-18-42(30-37)55-44-20-10-16-40(53)32-44/h7-10,13-20,29-32,34-35,38,45-48H,6,11-12,21-28,33,52-53H2,1-5H3. The molecular weight excluding hydrogens is 673 g/mol. The van der Waals surface area contributed by atoms with Gasteiger partial charge in [-0.15, -0.1) is 0 Å². The van der Waals surface area contributed by atoms with E-state index < -0.39 is 0 Å². The van der Waals surface area contributed by atoms with E-state index in [1.54, 1.807) is 0 Å². The molecular formula is C51H66N2O2. The molecule has 55 heavy (non-hydrogen) atoms. The quantitative estimate of drug-likeness (QED) is 0.150. The number of rotatable bonds is 11. The Hall–Kier alpha value is -3.92. The minimum Gasteiger partial charge on any atom is -0.457 e. The normalized spacial score (nSPS) is 30.2. The smallest absolute Gasteiger partial charge is 0.129 e. The number of hydrogen-bond donors (Lipinski definition) is 2. The second-order valence-corrected chi connectivity index (χ2v) is 19.4. The summed E-state index contributed by atoms with van der Waals surface area (Å²) in [6, 6.07) is 33.3. The first kappa shape index (κ1) is 38.0. The van der Waals surface area contributed by atoms with Gasteiger partial charge in [-0.1, -0.05) is 90.3 Å². The van der Waals surface area contributed by atoms with E-state index in [0.717, 1.165) is 71.3 Å². The molecule has 4 aromatic carbocycles. The lowest BCUT2D eigenvalue weighted by Gasteiger charge is -2.63. The molecule has 4 heteroatoms. The molecule has 0 amide bonds. The van der Waals surface area contributed by atoms with Crippen LogP contribution in [0.3, 0.4) is 0 Å². The van der Waals surface area contributed by atoms with Crippen molar-refractivity contribution in [3.05, 3.63) is 108 Å². The van der Waals surface area contributed by atoms with Crippen molar-refractivity contribution in [3.8, 4) is 23.0 Å². The van der Waals surface area contributed by atoms with Gasteiger partial charge in [-0.3, -0.25) is 0 Å². The number of ether oxygens (including phenoxy) is 2. The summed E-state index contributed by atoms with van der Waals surface area (Å²) >= 11 is 0. The molecule has 0 bridgehead atoms. The predicted octanol–water partition coefficient (Wildman–Crippen LogP) is 13.8. The van der Waals surface area contributed by atoms with E-state index in [2.05, 4.69) is 83.1 Å². The van der Waals surface area contributed by atoms with Crippen LogP contribution in [-0.2, 0) is 5.41 Å². The van der Waals surface area contributed by atoms with Crippen molar-refractivity contribution in [1.82, 2.24) is 0 Å². The lowest BCUT2D eigenvalue weighted by Crippen LogP contribution is -2.55. The average Bonchev–Trinajstić information content (AvgIpc) is 3.52. The highest BCUT2D eigenvalue weighted by Gasteiger charge is 2.62. The van der Waals surface area contributed by atoms with E-state index in [-0.39, 0.29) is 5.41 Å². The van der Waals surface area contributed by atoms with Gasteiger partial charge in [0, 0.05) is 28.9 Å². The van der Waals surface area contributed by atoms with Gasteiger partial charge in [0.05, 0.1) is 0 Å². The third-order valence-electron chi connectivity index (χ3n) is 15.9. The van der Waals surface area contributed by atoms with E-state index in [1.165, 1.54) is 75.3 Å². The van der Waals surface area contributed by atoms with Crippen LogP contribution in [0.5, 0.6) is 23.0 Å². The molecule has 8 unspecified atom stereocenters. The van der Waals surface area contributed by atoms with Gasteiger partial charge >= 0.3 is 0 Å². The maximum absolute atomic E-state index is 6.47. The first-order chi connectivity index (χ1) is 26.5. The van der Waals surface area contributed by atoms with Gasteiger partial charge in [0.25, 0.3) is 0 Å². The summed E-state index contributed by atoms with van der Waals surface area (Å²) in [5.41, 5.74) is 17.1. The number of nitrogen functional groups attached to an aromatic ring is 2. The van der Waals surface area contributed by atoms with Crippen molar-refractivity contribution in [1.29, 1.82) is 0 Å². The minimum absolute atomic E-state index is 0.158. The Labute approximate surface area is 331 Å². The van der Waals surface area contributed by atoms with Crippen LogP contribution in [0.25, 0.3) is 0 Å². The fourth-order valence-corrected chi connectivity index (χ4v) is 13.1. The highest BCUT2D eigenvalue weighted by Crippen LogP contribution is 2.70. The third kappa shape index (κ3) is 7.28. The molecule has 292 valence electrons. The van der Waals surface area contributed by atoms with E-state index >= 15 is 0 Å². The Morgan fingerprint density at radius 3 is 1.75 bits per heavy atom. The molecule has 0 heterocycles. The number of nitrogens with two attached hydrogens (primary N) is 2. The number of benzene rings is 4. The van der Waals surface area contributed by atoms with Crippen LogP contribution >= 0.6 is 0 Å². The largest absolute Gasteiger partial charge is 0.457 e. The summed E-state index contributed by atoms with van der Waals surface area (Å²) in [6.45, 7) is 12.8. The van der Waals surface area contributed by atoms with Crippen molar-refractivity contribution in [3.63, 3.8) is 0 Å². The van der Waals surface area contributed by atoms with E-state index in [9.17, 15) is 0 Å². The molecule has 4 aromatic rings. The molecule has 0 saturated heterocycles. The molecule has 4 aliphatic rings. The van der Waals surface area contributed by atoms with Gasteiger partial charge in [0.2, 0.25) is 0 Å². The average molecular weight is 739 g/mol. The molecule has 8 atom stereocenters. The van der Waals surface area contributed by atoms with Gasteiger partial charge in [-0.05, 0) is 170 Å². The predicted molar refractivity (Wildman–Crippen MR) is 229 cm³/mol. The molecule has 8 rings (SSSR count). The lowest BCUT2D eigenvalue weighted by molar-refractivity contribution is -0.122. The zero-order valence-corrected chi connectivity index (χ0v) is 34.2. The first-order valence-electron chi connectivity index (χ1n) is 21.7. The van der Waals surface area contributed by atoms with Gasteiger partial charge in [-0.25, -0.2) is 0 Å². The molecule has 0 radical (unpaired) electrons. The van der Waals surface area contributed by atoms with Crippen LogP contribution in [0.1, 0.15) is 123 Å². The molecule has 0 aliphatic heterocycles. The Kier molecular flexibility index (Phi) is 10.5. The fraction of sp³-hybridized carbons (Fsp3) is 0.529. The summed E-state index contributed by atoms with van der Waals surface area (Å²) in [7, 11) is 0. The molecule has 0 spiro atoms. The summed E-state index contributed by atoms with van der Waals surface area (Å²) in [5.74, 6) is 9.08. The van der Waals surface area contributed by atoms with Crippen LogP contribution < -0.4 is 20.9 Å². The maximum Gasteiger partial charge on any atom is 0.129 e. The van der Waals surface area contributed by atoms with Crippen LogP contribution in [0.15, 0.2) is 97.1 Å². The molecule has 4 fully saturated rings. The third-order valence-corrected chi connectivity index (χ3v) is 15.9. The van der Waals surface area contributed by atoms with Crippen molar-refractivity contribution < 1.29 is 9.47 Å². The lowest BCUT2D eigenvalue weighted by atomic mass is 9.42. The highest BCUT2D eigenvalue weighted by atomic mass is 16.5. The first-order valence-corrected chi connectivity index (χ1v) is 21.7. The summed E-state index contributed by atoms with van der Waals surface area (Å²) in [6.07, 6.45) is 16.2. The molecule has 4 nitrogen and oxygen atoms in total. The zero-order chi connectivity index (χ0) is 38.4. The fourth-order valence-electron chi connectivity index (χ4n) is 13.1. The SMILES string of the molecule is CC(C)CCCC(C)C1CCC2C3CCC4CC(c5cccc(Oc6cccc(N)c6)c5)(c5cccc(Oc6cccc(N)c6)c5)CCC4(C)C3CCC12C. The second-order valence-electron chi connectivity index (χ2n) is 19.4. The van der Waals surface area contributed by atoms with E-state index in [0.29, 0.717) is 28.1 Å². The summed E-state index contributed by atoms with van der Waals surface area (Å²) < 4.78 is 12.9. The Bertz CT molecular complexity index is 1860. The van der Waals surface area contributed by atoms with Crippen LogP contribution in [0.4, 0.5) is 11.4 Å². The molecule has 4 saturated carbocycles. The number of fused-ring (bicyclic) bond motifs is 5. The Morgan fingerprint density at radius 1 is 0.600 bits per heavy atom. The number of anilines is 2.